The molecule has 110 valence electrons. The molecule has 0 aliphatic heterocycles. The minimum atomic E-state index is -4.49. The van der Waals surface area contributed by atoms with E-state index in [0.717, 1.165) is 19.2 Å². The zero-order chi connectivity index (χ0) is 15.6. The number of pyridine rings is 1. The lowest BCUT2D eigenvalue weighted by Gasteiger charge is -2.08. The molecule has 0 spiro atoms. The third-order valence-corrected chi connectivity index (χ3v) is 2.82. The van der Waals surface area contributed by atoms with Crippen molar-refractivity contribution in [1.29, 1.82) is 0 Å². The van der Waals surface area contributed by atoms with Crippen LogP contribution in [0.3, 0.4) is 0 Å². The van der Waals surface area contributed by atoms with Crippen LogP contribution in [-0.4, -0.2) is 18.1 Å². The second-order valence-corrected chi connectivity index (χ2v) is 4.18. The highest BCUT2D eigenvalue weighted by molar-refractivity contribution is 5.87. The summed E-state index contributed by atoms with van der Waals surface area (Å²) in [6.07, 6.45) is -4.49. The number of ether oxygens (including phenoxy) is 1. The first kappa shape index (κ1) is 14.8. The first-order chi connectivity index (χ1) is 9.82. The number of halogens is 3. The maximum absolute atomic E-state index is 12.7. The van der Waals surface area contributed by atoms with Crippen molar-refractivity contribution in [3.8, 4) is 11.1 Å². The van der Waals surface area contributed by atoms with Gasteiger partial charge in [-0.1, -0.05) is 12.1 Å². The third-order valence-electron chi connectivity index (χ3n) is 2.82. The Morgan fingerprint density at radius 3 is 2.48 bits per heavy atom. The van der Waals surface area contributed by atoms with Gasteiger partial charge in [0, 0.05) is 5.56 Å². The van der Waals surface area contributed by atoms with Gasteiger partial charge in [-0.2, -0.15) is 13.2 Å². The molecule has 1 aromatic carbocycles. The van der Waals surface area contributed by atoms with E-state index < -0.39 is 23.3 Å². The standard InChI is InChI=1S/C14H10F3NO3/c1-21-13(20)11-6-5-10(12(19)18-11)8-3-2-4-9(7-8)14(15,16)17/h2-7H,1H3,(H,18,19). The van der Waals surface area contributed by atoms with E-state index in [1.807, 2.05) is 0 Å². The summed E-state index contributed by atoms with van der Waals surface area (Å²) in [5.41, 5.74) is -1.44. The lowest BCUT2D eigenvalue weighted by Crippen LogP contribution is -2.15. The molecule has 2 rings (SSSR count). The van der Waals surface area contributed by atoms with Crippen LogP contribution < -0.4 is 5.56 Å². The molecule has 1 N–H and O–H groups in total. The van der Waals surface area contributed by atoms with Crippen molar-refractivity contribution in [3.05, 3.63) is 58.0 Å². The molecule has 1 heterocycles. The summed E-state index contributed by atoms with van der Waals surface area (Å²) in [4.78, 5) is 25.4. The molecule has 0 atom stereocenters. The summed E-state index contributed by atoms with van der Waals surface area (Å²) in [7, 11) is 1.15. The Hall–Kier alpha value is -2.57. The Labute approximate surface area is 117 Å². The Morgan fingerprint density at radius 2 is 1.90 bits per heavy atom. The van der Waals surface area contributed by atoms with Gasteiger partial charge in [-0.3, -0.25) is 4.79 Å². The molecule has 7 heteroatoms. The van der Waals surface area contributed by atoms with Gasteiger partial charge in [0.05, 0.1) is 12.7 Å². The minimum absolute atomic E-state index is 0.0359. The number of benzene rings is 1. The second-order valence-electron chi connectivity index (χ2n) is 4.18. The quantitative estimate of drug-likeness (QED) is 0.867. The number of hydrogen-bond acceptors (Lipinski definition) is 3. The monoisotopic (exact) mass is 297 g/mol. The molecule has 1 aromatic heterocycles. The van der Waals surface area contributed by atoms with Gasteiger partial charge < -0.3 is 9.72 Å². The predicted octanol–water partition coefficient (Wildman–Crippen LogP) is 2.85. The van der Waals surface area contributed by atoms with E-state index in [-0.39, 0.29) is 16.8 Å². The molecule has 0 saturated carbocycles. The number of methoxy groups -OCH3 is 1. The molecule has 0 amide bonds. The average molecular weight is 297 g/mol. The minimum Gasteiger partial charge on any atom is -0.464 e. The molecule has 0 radical (unpaired) electrons. The normalized spacial score (nSPS) is 11.2. The number of hydrogen-bond donors (Lipinski definition) is 1. The number of carbonyl (C=O) groups excluding carboxylic acids is 1. The summed E-state index contributed by atoms with van der Waals surface area (Å²) >= 11 is 0. The maximum atomic E-state index is 12.7. The van der Waals surface area contributed by atoms with Crippen molar-refractivity contribution in [3.63, 3.8) is 0 Å². The average Bonchev–Trinajstić information content (AvgIpc) is 2.45. The Balaban J connectivity index is 2.48. The van der Waals surface area contributed by atoms with Crippen molar-refractivity contribution in [2.24, 2.45) is 0 Å². The van der Waals surface area contributed by atoms with E-state index in [1.165, 1.54) is 24.3 Å². The highest BCUT2D eigenvalue weighted by Gasteiger charge is 2.30. The fourth-order valence-corrected chi connectivity index (χ4v) is 1.79. The van der Waals surface area contributed by atoms with Gasteiger partial charge in [-0.25, -0.2) is 4.79 Å². The largest absolute Gasteiger partial charge is 0.464 e. The van der Waals surface area contributed by atoms with Gasteiger partial charge in [0.1, 0.15) is 5.69 Å². The molecule has 2 aromatic rings. The van der Waals surface area contributed by atoms with Crippen molar-refractivity contribution < 1.29 is 22.7 Å². The summed E-state index contributed by atoms with van der Waals surface area (Å²) in [6, 6.07) is 6.95. The molecule has 0 saturated heterocycles. The van der Waals surface area contributed by atoms with Crippen molar-refractivity contribution in [2.75, 3.05) is 7.11 Å². The first-order valence-electron chi connectivity index (χ1n) is 5.82. The van der Waals surface area contributed by atoms with Gasteiger partial charge in [-0.05, 0) is 29.8 Å². The first-order valence-corrected chi connectivity index (χ1v) is 5.82. The molecule has 0 bridgehead atoms. The van der Waals surface area contributed by atoms with Crippen LogP contribution in [0.2, 0.25) is 0 Å². The number of rotatable bonds is 2. The molecule has 0 fully saturated rings. The Bertz CT molecular complexity index is 735. The van der Waals surface area contributed by atoms with E-state index in [9.17, 15) is 22.8 Å². The van der Waals surface area contributed by atoms with Crippen LogP contribution in [0, 0.1) is 0 Å². The molecule has 4 nitrogen and oxygen atoms in total. The fourth-order valence-electron chi connectivity index (χ4n) is 1.79. The van der Waals surface area contributed by atoms with Crippen LogP contribution in [0.15, 0.2) is 41.2 Å². The van der Waals surface area contributed by atoms with E-state index in [4.69, 9.17) is 0 Å². The topological polar surface area (TPSA) is 59.2 Å². The molecule has 0 unspecified atom stereocenters. The Morgan fingerprint density at radius 1 is 1.19 bits per heavy atom. The lowest BCUT2D eigenvalue weighted by atomic mass is 10.0. The summed E-state index contributed by atoms with van der Waals surface area (Å²) < 4.78 is 42.4. The molecule has 21 heavy (non-hydrogen) atoms. The predicted molar refractivity (Wildman–Crippen MR) is 68.8 cm³/mol. The van der Waals surface area contributed by atoms with Crippen molar-refractivity contribution in [2.45, 2.75) is 6.18 Å². The van der Waals surface area contributed by atoms with Gasteiger partial charge in [0.2, 0.25) is 0 Å². The van der Waals surface area contributed by atoms with Crippen molar-refractivity contribution in [1.82, 2.24) is 4.98 Å². The molecule has 0 aliphatic rings. The lowest BCUT2D eigenvalue weighted by molar-refractivity contribution is -0.137. The zero-order valence-corrected chi connectivity index (χ0v) is 10.8. The van der Waals surface area contributed by atoms with Gasteiger partial charge in [-0.15, -0.1) is 0 Å². The summed E-state index contributed by atoms with van der Waals surface area (Å²) in [6.45, 7) is 0. The van der Waals surface area contributed by atoms with Crippen LogP contribution >= 0.6 is 0 Å². The maximum Gasteiger partial charge on any atom is 0.416 e. The summed E-state index contributed by atoms with van der Waals surface area (Å²) in [5, 5.41) is 0. The smallest absolute Gasteiger partial charge is 0.416 e. The van der Waals surface area contributed by atoms with Crippen molar-refractivity contribution >= 4 is 5.97 Å². The van der Waals surface area contributed by atoms with Crippen LogP contribution in [0.4, 0.5) is 13.2 Å². The van der Waals surface area contributed by atoms with E-state index >= 15 is 0 Å². The van der Waals surface area contributed by atoms with Gasteiger partial charge >= 0.3 is 12.1 Å². The molecule has 0 aliphatic carbocycles. The number of aromatic nitrogens is 1. The molecular weight excluding hydrogens is 287 g/mol. The Kier molecular flexibility index (Phi) is 3.84. The fraction of sp³-hybridized carbons (Fsp3) is 0.143. The highest BCUT2D eigenvalue weighted by atomic mass is 19.4. The van der Waals surface area contributed by atoms with Crippen LogP contribution in [0.1, 0.15) is 16.1 Å². The number of nitrogens with one attached hydrogen (secondary N) is 1. The number of aromatic amines is 1. The van der Waals surface area contributed by atoms with E-state index in [1.54, 1.807) is 0 Å². The van der Waals surface area contributed by atoms with Crippen LogP contribution in [0.25, 0.3) is 11.1 Å². The second kappa shape index (κ2) is 5.43. The molecular formula is C14H10F3NO3. The van der Waals surface area contributed by atoms with E-state index in [0.29, 0.717) is 0 Å². The highest BCUT2D eigenvalue weighted by Crippen LogP contribution is 2.31. The van der Waals surface area contributed by atoms with Crippen LogP contribution in [-0.2, 0) is 10.9 Å². The van der Waals surface area contributed by atoms with Gasteiger partial charge in [0.25, 0.3) is 5.56 Å². The number of H-pyrrole nitrogens is 1. The van der Waals surface area contributed by atoms with E-state index in [2.05, 4.69) is 9.72 Å². The SMILES string of the molecule is COC(=O)c1ccc(-c2cccc(C(F)(F)F)c2)c(=O)[nH]1. The van der Waals surface area contributed by atoms with Crippen LogP contribution in [0.5, 0.6) is 0 Å². The summed E-state index contributed by atoms with van der Waals surface area (Å²) in [5.74, 6) is -0.734. The number of carbonyl (C=O) groups is 1. The number of esters is 1. The zero-order valence-electron chi connectivity index (χ0n) is 10.8. The number of alkyl halides is 3. The van der Waals surface area contributed by atoms with Gasteiger partial charge in [0.15, 0.2) is 0 Å². The third kappa shape index (κ3) is 3.13.